The van der Waals surface area contributed by atoms with E-state index in [1.165, 1.54) is 4.68 Å². The van der Waals surface area contributed by atoms with Crippen LogP contribution in [0.2, 0.25) is 10.0 Å². The first-order valence-corrected chi connectivity index (χ1v) is 10.4. The molecule has 0 bridgehead atoms. The molecule has 0 spiro atoms. The van der Waals surface area contributed by atoms with Crippen molar-refractivity contribution in [2.45, 2.75) is 6.92 Å². The predicted octanol–water partition coefficient (Wildman–Crippen LogP) is 4.36. The van der Waals surface area contributed by atoms with Crippen LogP contribution < -0.4 is 10.1 Å². The molecule has 3 aromatic rings. The molecule has 11 heteroatoms. The summed E-state index contributed by atoms with van der Waals surface area (Å²) < 4.78 is 11.8. The van der Waals surface area contributed by atoms with Gasteiger partial charge in [0, 0.05) is 11.3 Å². The van der Waals surface area contributed by atoms with Gasteiger partial charge in [0.15, 0.2) is 12.4 Å². The van der Waals surface area contributed by atoms with Crippen molar-refractivity contribution in [3.05, 3.63) is 52.5 Å². The summed E-state index contributed by atoms with van der Waals surface area (Å²) in [6, 6.07) is 11.9. The zero-order valence-corrected chi connectivity index (χ0v) is 18.5. The zero-order valence-electron chi connectivity index (χ0n) is 16.3. The Morgan fingerprint density at radius 1 is 1.10 bits per heavy atom. The summed E-state index contributed by atoms with van der Waals surface area (Å²) in [7, 11) is 0. The Balaban J connectivity index is 1.95. The molecule has 8 nitrogen and oxygen atoms in total. The van der Waals surface area contributed by atoms with Crippen molar-refractivity contribution >= 4 is 52.4 Å². The molecular formula is C20H17Cl3N4O4. The first-order valence-electron chi connectivity index (χ1n) is 9.08. The van der Waals surface area contributed by atoms with Crippen LogP contribution in [-0.2, 0) is 14.3 Å². The summed E-state index contributed by atoms with van der Waals surface area (Å²) in [6.07, 6.45) is 0. The number of carbonyl (C=O) groups excluding carboxylic acids is 2. The van der Waals surface area contributed by atoms with Gasteiger partial charge in [-0.25, -0.2) is 9.48 Å². The average molecular weight is 484 g/mol. The van der Waals surface area contributed by atoms with Crippen LogP contribution in [0.15, 0.2) is 42.5 Å². The number of carbonyl (C=O) groups is 2. The molecule has 3 rings (SSSR count). The zero-order chi connectivity index (χ0) is 22.4. The van der Waals surface area contributed by atoms with E-state index in [1.807, 2.05) is 0 Å². The average Bonchev–Trinajstić information content (AvgIpc) is 3.19. The molecule has 31 heavy (non-hydrogen) atoms. The molecule has 1 amide bonds. The summed E-state index contributed by atoms with van der Waals surface area (Å²) in [5.41, 5.74) is 1.83. The van der Waals surface area contributed by atoms with Crippen LogP contribution in [0.5, 0.6) is 6.01 Å². The predicted molar refractivity (Wildman–Crippen MR) is 118 cm³/mol. The largest absolute Gasteiger partial charge is 0.463 e. The number of nitrogens with one attached hydrogen (secondary N) is 1. The number of alkyl halides is 1. The first-order chi connectivity index (χ1) is 14.9. The smallest absolute Gasteiger partial charge is 0.344 e. The van der Waals surface area contributed by atoms with Crippen LogP contribution >= 0.6 is 34.8 Å². The lowest BCUT2D eigenvalue weighted by Gasteiger charge is -2.08. The number of nitrogens with zero attached hydrogens (tertiary/aromatic N) is 3. The van der Waals surface area contributed by atoms with E-state index in [4.69, 9.17) is 44.3 Å². The van der Waals surface area contributed by atoms with Crippen LogP contribution in [-0.4, -0.2) is 45.7 Å². The summed E-state index contributed by atoms with van der Waals surface area (Å²) in [5, 5.41) is 7.74. The molecule has 162 valence electrons. The maximum atomic E-state index is 11.6. The van der Waals surface area contributed by atoms with Crippen molar-refractivity contribution in [3.8, 4) is 23.1 Å². The molecule has 1 N–H and O–H groups in total. The Kier molecular flexibility index (Phi) is 7.73. The highest BCUT2D eigenvalue weighted by molar-refractivity contribution is 6.42. The highest BCUT2D eigenvalue weighted by Gasteiger charge is 2.17. The van der Waals surface area contributed by atoms with Crippen molar-refractivity contribution < 1.29 is 19.1 Å². The summed E-state index contributed by atoms with van der Waals surface area (Å²) in [6.45, 7) is 1.61. The van der Waals surface area contributed by atoms with Gasteiger partial charge >= 0.3 is 12.0 Å². The van der Waals surface area contributed by atoms with E-state index in [2.05, 4.69) is 15.4 Å². The topological polar surface area (TPSA) is 95.3 Å². The van der Waals surface area contributed by atoms with E-state index >= 15 is 0 Å². The van der Waals surface area contributed by atoms with Gasteiger partial charge in [0.1, 0.15) is 5.88 Å². The van der Waals surface area contributed by atoms with Gasteiger partial charge < -0.3 is 14.8 Å². The van der Waals surface area contributed by atoms with Crippen molar-refractivity contribution in [2.75, 3.05) is 24.4 Å². The first kappa shape index (κ1) is 22.9. The Labute approximate surface area is 193 Å². The number of esters is 1. The normalized spacial score (nSPS) is 10.6. The number of anilines is 1. The Morgan fingerprint density at radius 3 is 2.48 bits per heavy atom. The van der Waals surface area contributed by atoms with Gasteiger partial charge in [-0.3, -0.25) is 4.79 Å². The number of hydrogen-bond acceptors (Lipinski definition) is 6. The second-order valence-electron chi connectivity index (χ2n) is 6.08. The minimum absolute atomic E-state index is 0.0198. The van der Waals surface area contributed by atoms with Crippen LogP contribution in [0.1, 0.15) is 6.92 Å². The minimum atomic E-state index is -0.533. The molecule has 0 saturated carbocycles. The van der Waals surface area contributed by atoms with E-state index in [-0.39, 0.29) is 31.0 Å². The fourth-order valence-corrected chi connectivity index (χ4v) is 2.93. The van der Waals surface area contributed by atoms with Gasteiger partial charge in [-0.15, -0.1) is 16.7 Å². The third-order valence-electron chi connectivity index (χ3n) is 3.91. The molecule has 0 fully saturated rings. The quantitative estimate of drug-likeness (QED) is 0.378. The van der Waals surface area contributed by atoms with E-state index in [9.17, 15) is 9.59 Å². The van der Waals surface area contributed by atoms with Crippen LogP contribution in [0, 0.1) is 0 Å². The molecule has 1 aromatic heterocycles. The molecule has 0 aliphatic rings. The Hall–Kier alpha value is -2.81. The fraction of sp³-hybridized carbons (Fsp3) is 0.200. The van der Waals surface area contributed by atoms with E-state index in [1.54, 1.807) is 49.4 Å². The van der Waals surface area contributed by atoms with Crippen molar-refractivity contribution in [1.82, 2.24) is 14.8 Å². The number of amides is 1. The standard InChI is InChI=1S/C20H17Cl3N4O4/c1-2-30-18(29)11-31-20-25-19(12-3-8-15(22)16(23)9-12)27(26-20)14-6-4-13(5-7-14)24-17(28)10-21/h3-9H,2,10-11H2,1H3,(H,24,28). The number of ether oxygens (including phenoxy) is 2. The second-order valence-corrected chi connectivity index (χ2v) is 7.16. The summed E-state index contributed by atoms with van der Waals surface area (Å²) in [4.78, 5) is 27.4. The SMILES string of the molecule is CCOC(=O)COc1nc(-c2ccc(Cl)c(Cl)c2)n(-c2ccc(NC(=O)CCl)cc2)n1. The summed E-state index contributed by atoms with van der Waals surface area (Å²) >= 11 is 17.7. The maximum Gasteiger partial charge on any atom is 0.344 e. The fourth-order valence-electron chi connectivity index (χ4n) is 2.56. The third kappa shape index (κ3) is 5.88. The van der Waals surface area contributed by atoms with Crippen molar-refractivity contribution in [2.24, 2.45) is 0 Å². The second kappa shape index (κ2) is 10.5. The third-order valence-corrected chi connectivity index (χ3v) is 4.89. The highest BCUT2D eigenvalue weighted by atomic mass is 35.5. The molecule has 2 aromatic carbocycles. The van der Waals surface area contributed by atoms with Gasteiger partial charge in [0.05, 0.1) is 22.3 Å². The monoisotopic (exact) mass is 482 g/mol. The van der Waals surface area contributed by atoms with Gasteiger partial charge in [-0.1, -0.05) is 23.2 Å². The molecule has 0 aliphatic carbocycles. The lowest BCUT2D eigenvalue weighted by molar-refractivity contribution is -0.145. The lowest BCUT2D eigenvalue weighted by Crippen LogP contribution is -2.15. The lowest BCUT2D eigenvalue weighted by atomic mass is 10.2. The van der Waals surface area contributed by atoms with Gasteiger partial charge in [-0.05, 0) is 49.4 Å². The number of hydrogen-bond donors (Lipinski definition) is 1. The Morgan fingerprint density at radius 2 is 1.84 bits per heavy atom. The number of benzene rings is 2. The van der Waals surface area contributed by atoms with Gasteiger partial charge in [0.25, 0.3) is 0 Å². The van der Waals surface area contributed by atoms with Crippen molar-refractivity contribution in [1.29, 1.82) is 0 Å². The molecule has 1 heterocycles. The van der Waals surface area contributed by atoms with Crippen molar-refractivity contribution in [3.63, 3.8) is 0 Å². The highest BCUT2D eigenvalue weighted by Crippen LogP contribution is 2.30. The molecular weight excluding hydrogens is 467 g/mol. The van der Waals surface area contributed by atoms with Crippen LogP contribution in [0.25, 0.3) is 17.1 Å². The van der Waals surface area contributed by atoms with Crippen LogP contribution in [0.3, 0.4) is 0 Å². The molecule has 0 aliphatic heterocycles. The van der Waals surface area contributed by atoms with Gasteiger partial charge in [0.2, 0.25) is 5.91 Å². The van der Waals surface area contributed by atoms with E-state index < -0.39 is 5.97 Å². The van der Waals surface area contributed by atoms with Gasteiger partial charge in [-0.2, -0.15) is 4.98 Å². The van der Waals surface area contributed by atoms with Crippen LogP contribution in [0.4, 0.5) is 5.69 Å². The summed E-state index contributed by atoms with van der Waals surface area (Å²) in [5.74, 6) is -0.585. The Bertz CT molecular complexity index is 1090. The molecule has 0 unspecified atom stereocenters. The van der Waals surface area contributed by atoms with E-state index in [0.29, 0.717) is 32.8 Å². The number of halogens is 3. The maximum absolute atomic E-state index is 11.6. The molecule has 0 saturated heterocycles. The number of aromatic nitrogens is 3. The minimum Gasteiger partial charge on any atom is -0.463 e. The number of rotatable bonds is 8. The molecule has 0 radical (unpaired) electrons. The van der Waals surface area contributed by atoms with E-state index in [0.717, 1.165) is 0 Å². The molecule has 0 atom stereocenters.